The molecule has 0 spiro atoms. The second-order valence-corrected chi connectivity index (χ2v) is 7.47. The zero-order chi connectivity index (χ0) is 17.5. The van der Waals surface area contributed by atoms with Crippen LogP contribution in [0.1, 0.15) is 76.2 Å². The molecule has 0 aliphatic heterocycles. The Morgan fingerprint density at radius 1 is 0.708 bits per heavy atom. The lowest BCUT2D eigenvalue weighted by Crippen LogP contribution is -2.04. The number of rotatable bonds is 15. The summed E-state index contributed by atoms with van der Waals surface area (Å²) in [6.45, 7) is 0.0851. The fourth-order valence-electron chi connectivity index (χ4n) is 2.83. The Bertz CT molecular complexity index is 499. The van der Waals surface area contributed by atoms with Gasteiger partial charge in [-0.15, -0.1) is 0 Å². The molecule has 0 unspecified atom stereocenters. The molecular weight excluding hydrogens is 324 g/mol. The molecule has 0 fully saturated rings. The molecule has 0 saturated heterocycles. The third kappa shape index (κ3) is 13.5. The van der Waals surface area contributed by atoms with Gasteiger partial charge < -0.3 is 0 Å². The molecule has 1 aromatic carbocycles. The van der Waals surface area contributed by atoms with E-state index in [2.05, 4.69) is 34.5 Å². The van der Waals surface area contributed by atoms with E-state index >= 15 is 0 Å². The smallest absolute Gasteiger partial charge is 0.264 e. The molecule has 138 valence electrons. The van der Waals surface area contributed by atoms with Gasteiger partial charge in [0, 0.05) is 0 Å². The van der Waals surface area contributed by atoms with Crippen LogP contribution in [-0.2, 0) is 21.0 Å². The maximum atomic E-state index is 10.3. The highest BCUT2D eigenvalue weighted by Gasteiger charge is 2.02. The van der Waals surface area contributed by atoms with E-state index in [9.17, 15) is 8.42 Å². The van der Waals surface area contributed by atoms with E-state index < -0.39 is 10.4 Å². The van der Waals surface area contributed by atoms with Crippen LogP contribution in [-0.4, -0.2) is 19.6 Å². The lowest BCUT2D eigenvalue weighted by Gasteiger charge is -2.03. The normalized spacial score (nSPS) is 11.7. The van der Waals surface area contributed by atoms with E-state index in [1.165, 1.54) is 63.4 Å². The Kier molecular flexibility index (Phi) is 11.8. The number of aryl methyl sites for hydroxylation is 1. The molecule has 0 bridgehead atoms. The van der Waals surface area contributed by atoms with Crippen molar-refractivity contribution in [1.29, 1.82) is 0 Å². The fourth-order valence-corrected chi connectivity index (χ4v) is 3.16. The summed E-state index contributed by atoms with van der Waals surface area (Å²) < 4.78 is 33.4. The molecule has 0 heterocycles. The van der Waals surface area contributed by atoms with Crippen LogP contribution in [0.5, 0.6) is 0 Å². The largest absolute Gasteiger partial charge is 0.397 e. The van der Waals surface area contributed by atoms with E-state index in [1.54, 1.807) is 0 Å². The van der Waals surface area contributed by atoms with Gasteiger partial charge in [0.15, 0.2) is 0 Å². The summed E-state index contributed by atoms with van der Waals surface area (Å²) in [6, 6.07) is 10.7. The molecule has 0 radical (unpaired) electrons. The molecule has 1 aromatic rings. The van der Waals surface area contributed by atoms with Gasteiger partial charge in [0.2, 0.25) is 0 Å². The van der Waals surface area contributed by atoms with E-state index in [0.717, 1.165) is 12.8 Å². The van der Waals surface area contributed by atoms with Gasteiger partial charge in [-0.2, -0.15) is 8.42 Å². The first-order valence-corrected chi connectivity index (χ1v) is 10.6. The molecule has 0 aliphatic rings. The van der Waals surface area contributed by atoms with Crippen LogP contribution in [0.4, 0.5) is 0 Å². The first-order chi connectivity index (χ1) is 11.6. The molecule has 0 aliphatic carbocycles. The van der Waals surface area contributed by atoms with Gasteiger partial charge in [0.25, 0.3) is 0 Å². The van der Waals surface area contributed by atoms with E-state index in [-0.39, 0.29) is 6.61 Å². The highest BCUT2D eigenvalue weighted by atomic mass is 32.3. The van der Waals surface area contributed by atoms with Crippen LogP contribution in [0.25, 0.3) is 0 Å². The number of benzene rings is 1. The molecule has 0 atom stereocenters. The molecule has 0 saturated carbocycles. The third-order valence-electron chi connectivity index (χ3n) is 4.18. The number of unbranched alkanes of at least 4 members (excludes halogenated alkanes) is 10. The Labute approximate surface area is 147 Å². The van der Waals surface area contributed by atoms with Crippen molar-refractivity contribution in [1.82, 2.24) is 0 Å². The molecule has 24 heavy (non-hydrogen) atoms. The average molecular weight is 357 g/mol. The van der Waals surface area contributed by atoms with E-state index in [4.69, 9.17) is 4.55 Å². The summed E-state index contributed by atoms with van der Waals surface area (Å²) in [6.07, 6.45) is 14.3. The minimum atomic E-state index is -4.25. The summed E-state index contributed by atoms with van der Waals surface area (Å²) >= 11 is 0. The van der Waals surface area contributed by atoms with Crippen molar-refractivity contribution in [3.63, 3.8) is 0 Å². The number of hydrogen-bond donors (Lipinski definition) is 1. The van der Waals surface area contributed by atoms with Crippen LogP contribution >= 0.6 is 0 Å². The molecule has 1 rings (SSSR count). The minimum absolute atomic E-state index is 0.0851. The van der Waals surface area contributed by atoms with Gasteiger partial charge >= 0.3 is 10.4 Å². The Morgan fingerprint density at radius 2 is 1.17 bits per heavy atom. The van der Waals surface area contributed by atoms with Gasteiger partial charge in [0.1, 0.15) is 0 Å². The summed E-state index contributed by atoms with van der Waals surface area (Å²) in [5, 5.41) is 0. The van der Waals surface area contributed by atoms with Crippen molar-refractivity contribution >= 4 is 10.4 Å². The fraction of sp³-hybridized carbons (Fsp3) is 0.684. The molecular formula is C19H32O4S. The van der Waals surface area contributed by atoms with Gasteiger partial charge in [-0.25, -0.2) is 4.18 Å². The van der Waals surface area contributed by atoms with Crippen molar-refractivity contribution in [3.8, 4) is 0 Å². The zero-order valence-electron chi connectivity index (χ0n) is 14.7. The Hall–Kier alpha value is -0.910. The SMILES string of the molecule is O=S(=O)(O)OCCCCCCCCCCCCCc1ccccc1. The summed E-state index contributed by atoms with van der Waals surface area (Å²) in [5.41, 5.74) is 1.44. The third-order valence-corrected chi connectivity index (χ3v) is 4.65. The van der Waals surface area contributed by atoms with Crippen molar-refractivity contribution < 1.29 is 17.2 Å². The monoisotopic (exact) mass is 356 g/mol. The zero-order valence-corrected chi connectivity index (χ0v) is 15.5. The summed E-state index contributed by atoms with van der Waals surface area (Å²) in [5.74, 6) is 0. The van der Waals surface area contributed by atoms with Gasteiger partial charge in [-0.3, -0.25) is 4.55 Å². The van der Waals surface area contributed by atoms with Crippen molar-refractivity contribution in [3.05, 3.63) is 35.9 Å². The summed E-state index contributed by atoms with van der Waals surface area (Å²) in [4.78, 5) is 0. The molecule has 0 amide bonds. The van der Waals surface area contributed by atoms with E-state index in [0.29, 0.717) is 6.42 Å². The first kappa shape index (κ1) is 21.1. The maximum Gasteiger partial charge on any atom is 0.397 e. The van der Waals surface area contributed by atoms with Gasteiger partial charge in [0.05, 0.1) is 6.61 Å². The van der Waals surface area contributed by atoms with Crippen LogP contribution < -0.4 is 0 Å². The lowest BCUT2D eigenvalue weighted by molar-refractivity contribution is 0.261. The van der Waals surface area contributed by atoms with Gasteiger partial charge in [-0.05, 0) is 24.8 Å². The predicted octanol–water partition coefficient (Wildman–Crippen LogP) is 5.34. The van der Waals surface area contributed by atoms with Gasteiger partial charge in [-0.1, -0.05) is 88.1 Å². The van der Waals surface area contributed by atoms with Crippen molar-refractivity contribution in [2.24, 2.45) is 0 Å². The van der Waals surface area contributed by atoms with Crippen LogP contribution in [0, 0.1) is 0 Å². The van der Waals surface area contributed by atoms with Crippen molar-refractivity contribution in [2.45, 2.75) is 77.0 Å². The second-order valence-electron chi connectivity index (χ2n) is 6.37. The standard InChI is InChI=1S/C19H32O4S/c20-24(21,22)23-18-14-9-7-5-3-1-2-4-6-8-11-15-19-16-12-10-13-17-19/h10,12-13,16-17H,1-9,11,14-15,18H2,(H,20,21,22). The van der Waals surface area contributed by atoms with Crippen LogP contribution in [0.15, 0.2) is 30.3 Å². The molecule has 1 N–H and O–H groups in total. The maximum absolute atomic E-state index is 10.3. The Balaban J connectivity index is 1.76. The molecule has 5 heteroatoms. The lowest BCUT2D eigenvalue weighted by atomic mass is 10.0. The quantitative estimate of drug-likeness (QED) is 0.340. The topological polar surface area (TPSA) is 63.6 Å². The average Bonchev–Trinajstić information content (AvgIpc) is 2.55. The first-order valence-electron chi connectivity index (χ1n) is 9.24. The summed E-state index contributed by atoms with van der Waals surface area (Å²) in [7, 11) is -4.25. The minimum Gasteiger partial charge on any atom is -0.264 e. The highest BCUT2D eigenvalue weighted by molar-refractivity contribution is 7.80. The predicted molar refractivity (Wildman–Crippen MR) is 98.4 cm³/mol. The van der Waals surface area contributed by atoms with Crippen LogP contribution in [0.3, 0.4) is 0 Å². The number of hydrogen-bond acceptors (Lipinski definition) is 3. The second kappa shape index (κ2) is 13.4. The van der Waals surface area contributed by atoms with E-state index in [1.807, 2.05) is 0 Å². The Morgan fingerprint density at radius 3 is 1.67 bits per heavy atom. The molecule has 0 aromatic heterocycles. The highest BCUT2D eigenvalue weighted by Crippen LogP contribution is 2.13. The molecule has 4 nitrogen and oxygen atoms in total. The van der Waals surface area contributed by atoms with Crippen molar-refractivity contribution in [2.75, 3.05) is 6.61 Å². The van der Waals surface area contributed by atoms with Crippen LogP contribution in [0.2, 0.25) is 0 Å².